The summed E-state index contributed by atoms with van der Waals surface area (Å²) in [5.41, 5.74) is 2.27. The molecule has 3 rings (SSSR count). The molecule has 0 N–H and O–H groups in total. The minimum Gasteiger partial charge on any atom is -0.462 e. The van der Waals surface area contributed by atoms with E-state index in [0.29, 0.717) is 24.0 Å². The second kappa shape index (κ2) is 3.94. The van der Waals surface area contributed by atoms with Gasteiger partial charge in [0, 0.05) is 12.3 Å². The van der Waals surface area contributed by atoms with Crippen molar-refractivity contribution >= 4 is 11.8 Å². The molecule has 0 radical (unpaired) electrons. The number of carbonyl (C=O) groups excluding carboxylic acids is 2. The summed E-state index contributed by atoms with van der Waals surface area (Å²) >= 11 is 0. The van der Waals surface area contributed by atoms with Gasteiger partial charge in [-0.15, -0.1) is 0 Å². The van der Waals surface area contributed by atoms with Gasteiger partial charge in [-0.3, -0.25) is 9.59 Å². The maximum Gasteiger partial charge on any atom is 0.309 e. The summed E-state index contributed by atoms with van der Waals surface area (Å²) in [6.07, 6.45) is 2.53. The quantitative estimate of drug-likeness (QED) is 0.619. The largest absolute Gasteiger partial charge is 0.462 e. The van der Waals surface area contributed by atoms with E-state index in [4.69, 9.17) is 4.74 Å². The fourth-order valence-corrected chi connectivity index (χ4v) is 3.94. The van der Waals surface area contributed by atoms with Crippen molar-refractivity contribution in [2.24, 2.45) is 23.7 Å². The van der Waals surface area contributed by atoms with Crippen LogP contribution in [-0.4, -0.2) is 17.9 Å². The third kappa shape index (κ3) is 1.56. The number of fused-ring (bicyclic) bond motifs is 2. The number of carbonyl (C=O) groups is 2. The molecular formula is C15H20O3. The Morgan fingerprint density at radius 3 is 2.61 bits per heavy atom. The van der Waals surface area contributed by atoms with Crippen LogP contribution in [-0.2, 0) is 14.3 Å². The van der Waals surface area contributed by atoms with Crippen LogP contribution in [0, 0.1) is 23.7 Å². The molecule has 0 unspecified atom stereocenters. The van der Waals surface area contributed by atoms with Crippen molar-refractivity contribution in [3.05, 3.63) is 11.1 Å². The Balaban J connectivity index is 1.97. The van der Waals surface area contributed by atoms with Gasteiger partial charge in [-0.1, -0.05) is 19.4 Å². The third-order valence-electron chi connectivity index (χ3n) is 5.26. The minimum absolute atomic E-state index is 0.0167. The Bertz CT molecular complexity index is 449. The topological polar surface area (TPSA) is 43.4 Å². The Hall–Kier alpha value is -1.12. The highest BCUT2D eigenvalue weighted by molar-refractivity contribution is 5.98. The van der Waals surface area contributed by atoms with Crippen molar-refractivity contribution in [2.45, 2.75) is 46.1 Å². The molecule has 0 aromatic carbocycles. The van der Waals surface area contributed by atoms with Crippen LogP contribution in [0.1, 0.15) is 40.0 Å². The first kappa shape index (κ1) is 11.9. The monoisotopic (exact) mass is 248 g/mol. The second-order valence-electron chi connectivity index (χ2n) is 6.23. The number of ether oxygens (including phenoxy) is 1. The Morgan fingerprint density at radius 1 is 1.17 bits per heavy atom. The van der Waals surface area contributed by atoms with Gasteiger partial charge in [0.1, 0.15) is 6.10 Å². The van der Waals surface area contributed by atoms with E-state index in [9.17, 15) is 9.59 Å². The van der Waals surface area contributed by atoms with Gasteiger partial charge in [0.15, 0.2) is 5.78 Å². The van der Waals surface area contributed by atoms with Crippen LogP contribution in [0.3, 0.4) is 0 Å². The second-order valence-corrected chi connectivity index (χ2v) is 6.23. The summed E-state index contributed by atoms with van der Waals surface area (Å²) in [5, 5.41) is 0. The molecule has 0 amide bonds. The summed E-state index contributed by atoms with van der Waals surface area (Å²) < 4.78 is 5.51. The highest BCUT2D eigenvalue weighted by Crippen LogP contribution is 2.48. The number of hydrogen-bond donors (Lipinski definition) is 0. The predicted octanol–water partition coefficient (Wildman–Crippen LogP) is 2.50. The van der Waals surface area contributed by atoms with Crippen LogP contribution in [0.5, 0.6) is 0 Å². The standard InChI is InChI=1S/C15H20O3/c1-7-4-14-12(9(3)15(17)18-14)5-11-8(2)13(16)6-10(7)11/h7,9-10,12,14H,4-6H2,1-3H3/t7-,9-,10+,12+,14+/m0/s1. The van der Waals surface area contributed by atoms with Crippen molar-refractivity contribution in [3.63, 3.8) is 0 Å². The van der Waals surface area contributed by atoms with Gasteiger partial charge in [0.2, 0.25) is 0 Å². The summed E-state index contributed by atoms with van der Waals surface area (Å²) in [6, 6.07) is 0. The molecule has 2 aliphatic carbocycles. The van der Waals surface area contributed by atoms with Gasteiger partial charge in [-0.05, 0) is 37.2 Å². The molecule has 0 aromatic heterocycles. The summed E-state index contributed by atoms with van der Waals surface area (Å²) in [6.45, 7) is 6.10. The van der Waals surface area contributed by atoms with E-state index in [-0.39, 0.29) is 23.9 Å². The molecule has 1 aliphatic heterocycles. The van der Waals surface area contributed by atoms with Crippen molar-refractivity contribution < 1.29 is 14.3 Å². The van der Waals surface area contributed by atoms with Gasteiger partial charge in [-0.2, -0.15) is 0 Å². The molecule has 98 valence electrons. The first-order valence-electron chi connectivity index (χ1n) is 6.92. The highest BCUT2D eigenvalue weighted by atomic mass is 16.6. The molecule has 0 bridgehead atoms. The van der Waals surface area contributed by atoms with Crippen molar-refractivity contribution in [1.29, 1.82) is 0 Å². The van der Waals surface area contributed by atoms with Gasteiger partial charge in [-0.25, -0.2) is 0 Å². The van der Waals surface area contributed by atoms with Crippen molar-refractivity contribution in [3.8, 4) is 0 Å². The molecular weight excluding hydrogens is 228 g/mol. The molecule has 5 atom stereocenters. The maximum absolute atomic E-state index is 11.9. The normalized spacial score (nSPS) is 43.6. The molecule has 3 nitrogen and oxygen atoms in total. The van der Waals surface area contributed by atoms with Gasteiger partial charge >= 0.3 is 5.97 Å². The van der Waals surface area contributed by atoms with Crippen LogP contribution < -0.4 is 0 Å². The van der Waals surface area contributed by atoms with Crippen LogP contribution in [0.25, 0.3) is 0 Å². The lowest BCUT2D eigenvalue weighted by Gasteiger charge is -2.19. The van der Waals surface area contributed by atoms with Crippen LogP contribution in [0.4, 0.5) is 0 Å². The zero-order chi connectivity index (χ0) is 13.0. The SMILES string of the molecule is CC1=C2C[C@@H]3[C@H](C)C(=O)O[C@@H]3C[C@H](C)[C@H]2CC1=O. The number of hydrogen-bond acceptors (Lipinski definition) is 3. The number of Topliss-reactive ketones (excluding diaryl/α,β-unsaturated/α-hetero) is 1. The fraction of sp³-hybridized carbons (Fsp3) is 0.733. The van der Waals surface area contributed by atoms with E-state index in [1.165, 1.54) is 5.57 Å². The van der Waals surface area contributed by atoms with E-state index in [1.807, 2.05) is 13.8 Å². The summed E-state index contributed by atoms with van der Waals surface area (Å²) in [5.74, 6) is 1.35. The lowest BCUT2D eigenvalue weighted by molar-refractivity contribution is -0.144. The van der Waals surface area contributed by atoms with E-state index < -0.39 is 0 Å². The Labute approximate surface area is 108 Å². The minimum atomic E-state index is -0.0572. The molecule has 2 fully saturated rings. The molecule has 3 heteroatoms. The van der Waals surface area contributed by atoms with Gasteiger partial charge in [0.05, 0.1) is 5.92 Å². The van der Waals surface area contributed by atoms with Crippen molar-refractivity contribution in [2.75, 3.05) is 0 Å². The summed E-state index contributed by atoms with van der Waals surface area (Å²) in [7, 11) is 0. The molecule has 1 saturated carbocycles. The molecule has 18 heavy (non-hydrogen) atoms. The third-order valence-corrected chi connectivity index (χ3v) is 5.26. The van der Waals surface area contributed by atoms with E-state index in [0.717, 1.165) is 18.4 Å². The van der Waals surface area contributed by atoms with E-state index in [1.54, 1.807) is 0 Å². The zero-order valence-electron chi connectivity index (χ0n) is 11.2. The van der Waals surface area contributed by atoms with E-state index in [2.05, 4.69) is 6.92 Å². The molecule has 1 heterocycles. The predicted molar refractivity (Wildman–Crippen MR) is 66.7 cm³/mol. The maximum atomic E-state index is 11.9. The molecule has 0 aromatic rings. The first-order chi connectivity index (χ1) is 8.49. The fourth-order valence-electron chi connectivity index (χ4n) is 3.94. The number of allylic oxidation sites excluding steroid dienone is 2. The number of esters is 1. The average Bonchev–Trinajstić information content (AvgIpc) is 2.68. The lowest BCUT2D eigenvalue weighted by atomic mass is 9.85. The number of rotatable bonds is 0. The lowest BCUT2D eigenvalue weighted by Crippen LogP contribution is -2.20. The Morgan fingerprint density at radius 2 is 1.89 bits per heavy atom. The molecule has 0 spiro atoms. The summed E-state index contributed by atoms with van der Waals surface area (Å²) in [4.78, 5) is 23.6. The average molecular weight is 248 g/mol. The van der Waals surface area contributed by atoms with E-state index >= 15 is 0 Å². The van der Waals surface area contributed by atoms with Gasteiger partial charge in [0.25, 0.3) is 0 Å². The smallest absolute Gasteiger partial charge is 0.309 e. The molecule has 3 aliphatic rings. The van der Waals surface area contributed by atoms with Gasteiger partial charge < -0.3 is 4.74 Å². The number of ketones is 1. The zero-order valence-corrected chi connectivity index (χ0v) is 11.2. The highest BCUT2D eigenvalue weighted by Gasteiger charge is 2.48. The van der Waals surface area contributed by atoms with Crippen LogP contribution in [0.2, 0.25) is 0 Å². The van der Waals surface area contributed by atoms with Crippen LogP contribution in [0.15, 0.2) is 11.1 Å². The molecule has 1 saturated heterocycles. The van der Waals surface area contributed by atoms with Crippen molar-refractivity contribution in [1.82, 2.24) is 0 Å². The first-order valence-corrected chi connectivity index (χ1v) is 6.92. The van der Waals surface area contributed by atoms with Crippen LogP contribution >= 0.6 is 0 Å². The Kier molecular flexibility index (Phi) is 2.61.